The van der Waals surface area contributed by atoms with E-state index >= 15 is 0 Å². The Kier molecular flexibility index (Phi) is 4.42. The molecule has 24 heavy (non-hydrogen) atoms. The Balaban J connectivity index is 2.51. The molecule has 130 valence electrons. The molecule has 1 aliphatic rings. The van der Waals surface area contributed by atoms with Crippen molar-refractivity contribution in [2.45, 2.75) is 18.6 Å². The number of urea groups is 1. The van der Waals surface area contributed by atoms with Gasteiger partial charge in [-0.15, -0.1) is 0 Å². The number of rotatable bonds is 2. The molecule has 1 fully saturated rings. The average Bonchev–Trinajstić information content (AvgIpc) is 2.43. The highest BCUT2D eigenvalue weighted by Crippen LogP contribution is 2.34. The normalized spacial score (nSPS) is 19.0. The van der Waals surface area contributed by atoms with Crippen LogP contribution >= 0.6 is 11.6 Å². The van der Waals surface area contributed by atoms with Crippen LogP contribution in [0.3, 0.4) is 0 Å². The third kappa shape index (κ3) is 2.99. The molecule has 1 aromatic carbocycles. The third-order valence-electron chi connectivity index (χ3n) is 3.25. The number of halogens is 5. The van der Waals surface area contributed by atoms with Crippen molar-refractivity contribution in [3.63, 3.8) is 0 Å². The van der Waals surface area contributed by atoms with Gasteiger partial charge in [-0.25, -0.2) is 29.7 Å². The van der Waals surface area contributed by atoms with E-state index in [-0.39, 0.29) is 9.91 Å². The van der Waals surface area contributed by atoms with Crippen LogP contribution in [0, 0.1) is 5.82 Å². The van der Waals surface area contributed by atoms with E-state index in [4.69, 9.17) is 22.6 Å². The van der Waals surface area contributed by atoms with Crippen LogP contribution in [0.25, 0.3) is 0 Å². The van der Waals surface area contributed by atoms with E-state index in [2.05, 4.69) is 0 Å². The van der Waals surface area contributed by atoms with Crippen LogP contribution in [0.2, 0.25) is 5.02 Å². The van der Waals surface area contributed by atoms with Crippen molar-refractivity contribution in [1.82, 2.24) is 5.01 Å². The molecule has 1 heterocycles. The molecule has 1 saturated heterocycles. The Labute approximate surface area is 136 Å². The number of hydrogen-bond donors (Lipinski definition) is 2. The van der Waals surface area contributed by atoms with Crippen LogP contribution in [-0.4, -0.2) is 40.2 Å². The van der Waals surface area contributed by atoms with Gasteiger partial charge in [-0.1, -0.05) is 11.6 Å². The molecule has 0 saturated carbocycles. The molecule has 3 N–H and O–H groups in total. The molecule has 3 amide bonds. The number of carboxylic acids is 1. The van der Waals surface area contributed by atoms with Gasteiger partial charge in [0.15, 0.2) is 6.04 Å². The maximum Gasteiger partial charge on any atom is 0.410 e. The molecule has 12 heteroatoms. The van der Waals surface area contributed by atoms with Gasteiger partial charge in [0.05, 0.1) is 22.7 Å². The number of carbonyl (C=O) groups is 3. The Hall–Kier alpha value is -2.40. The zero-order valence-electron chi connectivity index (χ0n) is 11.5. The van der Waals surface area contributed by atoms with Gasteiger partial charge >= 0.3 is 18.2 Å². The summed E-state index contributed by atoms with van der Waals surface area (Å²) in [7, 11) is 0. The first-order chi connectivity index (χ1) is 10.9. The van der Waals surface area contributed by atoms with Crippen LogP contribution in [0.15, 0.2) is 12.1 Å². The molecule has 0 aliphatic carbocycles. The summed E-state index contributed by atoms with van der Waals surface area (Å²) in [6.07, 6.45) is -6.20. The lowest BCUT2D eigenvalue weighted by Gasteiger charge is -2.37. The standard InChI is InChI=1S/C12H8ClF4N3O4/c13-5-2-6(14)7(1-4(5)10(22)23)19-9(21)3-8(12(15,16)17)20(18)11(19)24/h1-2,8H,3,18H2,(H,22,23). The molecule has 0 aromatic heterocycles. The van der Waals surface area contributed by atoms with Crippen LogP contribution in [0.5, 0.6) is 0 Å². The summed E-state index contributed by atoms with van der Waals surface area (Å²) in [6.45, 7) is 0. The molecule has 7 nitrogen and oxygen atoms in total. The Morgan fingerprint density at radius 1 is 1.33 bits per heavy atom. The quantitative estimate of drug-likeness (QED) is 0.472. The summed E-state index contributed by atoms with van der Waals surface area (Å²) >= 11 is 5.53. The Morgan fingerprint density at radius 3 is 2.42 bits per heavy atom. The molecule has 0 bridgehead atoms. The summed E-state index contributed by atoms with van der Waals surface area (Å²) in [6, 6.07) is -3.12. The number of nitrogens with two attached hydrogens (primary N) is 1. The van der Waals surface area contributed by atoms with Crippen LogP contribution < -0.4 is 10.7 Å². The molecule has 0 radical (unpaired) electrons. The van der Waals surface area contributed by atoms with Gasteiger partial charge in [0, 0.05) is 0 Å². The zero-order chi connectivity index (χ0) is 18.4. The summed E-state index contributed by atoms with van der Waals surface area (Å²) < 4.78 is 52.2. The molecule has 1 aromatic rings. The van der Waals surface area contributed by atoms with Crippen molar-refractivity contribution in [2.75, 3.05) is 4.90 Å². The van der Waals surface area contributed by atoms with E-state index in [1.54, 1.807) is 0 Å². The number of hydrogen-bond acceptors (Lipinski definition) is 4. The fourth-order valence-electron chi connectivity index (χ4n) is 2.09. The van der Waals surface area contributed by atoms with Gasteiger partial charge in [-0.2, -0.15) is 13.2 Å². The number of benzene rings is 1. The second-order valence-electron chi connectivity index (χ2n) is 4.77. The van der Waals surface area contributed by atoms with E-state index in [1.807, 2.05) is 0 Å². The number of nitrogens with zero attached hydrogens (tertiary/aromatic N) is 2. The minimum atomic E-state index is -4.96. The first kappa shape index (κ1) is 17.9. The fourth-order valence-corrected chi connectivity index (χ4v) is 2.33. The molecule has 1 aliphatic heterocycles. The molecule has 1 unspecified atom stereocenters. The van der Waals surface area contributed by atoms with Crippen molar-refractivity contribution in [3.8, 4) is 0 Å². The number of anilines is 1. The van der Waals surface area contributed by atoms with E-state index in [0.29, 0.717) is 12.1 Å². The first-order valence-electron chi connectivity index (χ1n) is 6.15. The molecule has 2 rings (SSSR count). The lowest BCUT2D eigenvalue weighted by atomic mass is 10.1. The molecular formula is C12H8ClF4N3O4. The van der Waals surface area contributed by atoms with Crippen molar-refractivity contribution in [2.24, 2.45) is 5.84 Å². The monoisotopic (exact) mass is 369 g/mol. The Morgan fingerprint density at radius 2 is 1.92 bits per heavy atom. The topological polar surface area (TPSA) is 104 Å². The summed E-state index contributed by atoms with van der Waals surface area (Å²) in [5.41, 5.74) is -1.50. The summed E-state index contributed by atoms with van der Waals surface area (Å²) in [5.74, 6) is 0.834. The highest BCUT2D eigenvalue weighted by atomic mass is 35.5. The average molecular weight is 370 g/mol. The van der Waals surface area contributed by atoms with Gasteiger partial charge < -0.3 is 5.11 Å². The van der Waals surface area contributed by atoms with Gasteiger partial charge in [0.25, 0.3) is 0 Å². The molecular weight excluding hydrogens is 362 g/mol. The highest BCUT2D eigenvalue weighted by molar-refractivity contribution is 6.33. The van der Waals surface area contributed by atoms with Gasteiger partial charge in [-0.05, 0) is 12.1 Å². The second kappa shape index (κ2) is 5.91. The molecule has 0 spiro atoms. The predicted molar refractivity (Wildman–Crippen MR) is 71.7 cm³/mol. The fraction of sp³-hybridized carbons (Fsp3) is 0.250. The number of carboxylic acid groups (broad SMARTS) is 1. The predicted octanol–water partition coefficient (Wildman–Crippen LogP) is 2.14. The first-order valence-corrected chi connectivity index (χ1v) is 6.52. The van der Waals surface area contributed by atoms with E-state index in [9.17, 15) is 31.9 Å². The van der Waals surface area contributed by atoms with Crippen molar-refractivity contribution in [3.05, 3.63) is 28.5 Å². The smallest absolute Gasteiger partial charge is 0.410 e. The van der Waals surface area contributed by atoms with Crippen molar-refractivity contribution in [1.29, 1.82) is 0 Å². The molecule has 1 atom stereocenters. The number of imide groups is 1. The number of aromatic carboxylic acids is 1. The van der Waals surface area contributed by atoms with Crippen molar-refractivity contribution < 1.29 is 37.1 Å². The number of carbonyl (C=O) groups excluding carboxylic acids is 2. The SMILES string of the molecule is NN1C(=O)N(c2cc(C(=O)O)c(Cl)cc2F)C(=O)CC1C(F)(F)F. The third-order valence-corrected chi connectivity index (χ3v) is 3.56. The minimum Gasteiger partial charge on any atom is -0.478 e. The minimum absolute atomic E-state index is 0.0420. The number of amides is 3. The van der Waals surface area contributed by atoms with Gasteiger partial charge in [-0.3, -0.25) is 4.79 Å². The lowest BCUT2D eigenvalue weighted by molar-refractivity contribution is -0.182. The van der Waals surface area contributed by atoms with E-state index in [0.717, 1.165) is 0 Å². The number of hydrazine groups is 1. The maximum absolute atomic E-state index is 14.0. The summed E-state index contributed by atoms with van der Waals surface area (Å²) in [5, 5.41) is 8.16. The maximum atomic E-state index is 14.0. The van der Waals surface area contributed by atoms with Gasteiger partial charge in [0.1, 0.15) is 5.82 Å². The number of alkyl halides is 3. The summed E-state index contributed by atoms with van der Waals surface area (Å²) in [4.78, 5) is 34.9. The van der Waals surface area contributed by atoms with Crippen molar-refractivity contribution >= 4 is 35.2 Å². The highest BCUT2D eigenvalue weighted by Gasteiger charge is 2.52. The Bertz CT molecular complexity index is 740. The second-order valence-corrected chi connectivity index (χ2v) is 5.18. The largest absolute Gasteiger partial charge is 0.478 e. The lowest BCUT2D eigenvalue weighted by Crippen LogP contribution is -2.64. The zero-order valence-corrected chi connectivity index (χ0v) is 12.2. The van der Waals surface area contributed by atoms with Crippen LogP contribution in [-0.2, 0) is 4.79 Å². The van der Waals surface area contributed by atoms with Crippen LogP contribution in [0.4, 0.5) is 28.0 Å². The van der Waals surface area contributed by atoms with Crippen LogP contribution in [0.1, 0.15) is 16.8 Å². The van der Waals surface area contributed by atoms with E-state index < -0.39 is 58.6 Å². The van der Waals surface area contributed by atoms with E-state index in [1.165, 1.54) is 0 Å². The van der Waals surface area contributed by atoms with Gasteiger partial charge in [0.2, 0.25) is 5.91 Å².